The van der Waals surface area contributed by atoms with Gasteiger partial charge in [-0.15, -0.1) is 0 Å². The first-order chi connectivity index (χ1) is 10.7. The average molecular weight is 295 g/mol. The topological polar surface area (TPSA) is 51.5 Å². The molecule has 0 heterocycles. The Bertz CT molecular complexity index is 730. The zero-order valence-electron chi connectivity index (χ0n) is 12.8. The second kappa shape index (κ2) is 7.19. The van der Waals surface area contributed by atoms with Gasteiger partial charge in [0.1, 0.15) is 5.75 Å². The molecule has 0 spiro atoms. The van der Waals surface area contributed by atoms with Crippen LogP contribution in [-0.4, -0.2) is 21.3 Å². The minimum absolute atomic E-state index is 0.605. The summed E-state index contributed by atoms with van der Waals surface area (Å²) < 4.78 is 15.9. The quantitative estimate of drug-likeness (QED) is 0.788. The molecule has 2 aromatic rings. The van der Waals surface area contributed by atoms with Crippen molar-refractivity contribution < 1.29 is 14.2 Å². The van der Waals surface area contributed by atoms with Crippen LogP contribution in [0.2, 0.25) is 0 Å². The van der Waals surface area contributed by atoms with Crippen LogP contribution in [0.15, 0.2) is 36.4 Å². The summed E-state index contributed by atoms with van der Waals surface area (Å²) in [5.41, 5.74) is 2.31. The van der Waals surface area contributed by atoms with Crippen molar-refractivity contribution in [2.75, 3.05) is 21.3 Å². The normalized spacial score (nSPS) is 10.3. The smallest absolute Gasteiger partial charge is 0.164 e. The maximum atomic E-state index is 9.12. The number of nitrogens with zero attached hydrogens (tertiary/aromatic N) is 1. The molecule has 0 saturated heterocycles. The highest BCUT2D eigenvalue weighted by Crippen LogP contribution is 2.35. The predicted molar refractivity (Wildman–Crippen MR) is 86.2 cm³/mol. The van der Waals surface area contributed by atoms with Gasteiger partial charge < -0.3 is 14.2 Å². The number of benzene rings is 2. The molecular weight excluding hydrogens is 278 g/mol. The molecule has 0 aromatic heterocycles. The van der Waals surface area contributed by atoms with E-state index >= 15 is 0 Å². The van der Waals surface area contributed by atoms with Crippen LogP contribution < -0.4 is 14.2 Å². The minimum Gasteiger partial charge on any atom is -0.496 e. The molecule has 0 unspecified atom stereocenters. The first-order valence-corrected chi connectivity index (χ1v) is 6.70. The molecule has 22 heavy (non-hydrogen) atoms. The fourth-order valence-corrected chi connectivity index (χ4v) is 2.11. The van der Waals surface area contributed by atoms with Gasteiger partial charge in [0.2, 0.25) is 0 Å². The SMILES string of the molecule is COc1cc(OC)c(OC)cc1/C=C/c1ccccc1C#N. The van der Waals surface area contributed by atoms with Gasteiger partial charge >= 0.3 is 0 Å². The Morgan fingerprint density at radius 3 is 2.05 bits per heavy atom. The summed E-state index contributed by atoms with van der Waals surface area (Å²) in [4.78, 5) is 0. The van der Waals surface area contributed by atoms with Gasteiger partial charge in [0, 0.05) is 11.6 Å². The largest absolute Gasteiger partial charge is 0.496 e. The van der Waals surface area contributed by atoms with Gasteiger partial charge in [0.25, 0.3) is 0 Å². The molecule has 0 radical (unpaired) electrons. The molecule has 0 amide bonds. The number of rotatable bonds is 5. The van der Waals surface area contributed by atoms with Crippen molar-refractivity contribution in [3.63, 3.8) is 0 Å². The molecule has 0 aliphatic carbocycles. The molecule has 112 valence electrons. The van der Waals surface area contributed by atoms with E-state index in [2.05, 4.69) is 6.07 Å². The lowest BCUT2D eigenvalue weighted by Gasteiger charge is -2.12. The van der Waals surface area contributed by atoms with Crippen LogP contribution >= 0.6 is 0 Å². The van der Waals surface area contributed by atoms with Crippen LogP contribution in [0.25, 0.3) is 12.2 Å². The molecule has 0 aliphatic rings. The molecule has 0 fully saturated rings. The molecule has 2 rings (SSSR count). The standard InChI is InChI=1S/C18H17NO3/c1-20-16-11-18(22-3)17(21-2)10-14(16)9-8-13-6-4-5-7-15(13)12-19/h4-11H,1-3H3/b9-8+. The summed E-state index contributed by atoms with van der Waals surface area (Å²) in [6, 6.07) is 13.2. The van der Waals surface area contributed by atoms with Gasteiger partial charge in [-0.1, -0.05) is 30.4 Å². The zero-order chi connectivity index (χ0) is 15.9. The van der Waals surface area contributed by atoms with Gasteiger partial charge in [0.05, 0.1) is 33.0 Å². The number of nitriles is 1. The van der Waals surface area contributed by atoms with E-state index in [1.165, 1.54) is 0 Å². The van der Waals surface area contributed by atoms with E-state index in [0.717, 1.165) is 11.1 Å². The van der Waals surface area contributed by atoms with Crippen LogP contribution in [-0.2, 0) is 0 Å². The van der Waals surface area contributed by atoms with Crippen LogP contribution in [0.1, 0.15) is 16.7 Å². The minimum atomic E-state index is 0.605. The third-order valence-electron chi connectivity index (χ3n) is 3.26. The molecule has 4 heteroatoms. The molecule has 0 atom stereocenters. The highest BCUT2D eigenvalue weighted by molar-refractivity contribution is 5.76. The van der Waals surface area contributed by atoms with E-state index in [-0.39, 0.29) is 0 Å². The monoisotopic (exact) mass is 295 g/mol. The fraction of sp³-hybridized carbons (Fsp3) is 0.167. The number of ether oxygens (including phenoxy) is 3. The predicted octanol–water partition coefficient (Wildman–Crippen LogP) is 3.75. The van der Waals surface area contributed by atoms with E-state index < -0.39 is 0 Å². The highest BCUT2D eigenvalue weighted by Gasteiger charge is 2.10. The summed E-state index contributed by atoms with van der Waals surface area (Å²) in [5.74, 6) is 1.90. The lowest BCUT2D eigenvalue weighted by atomic mass is 10.1. The highest BCUT2D eigenvalue weighted by atomic mass is 16.5. The maximum absolute atomic E-state index is 9.12. The van der Waals surface area contributed by atoms with Crippen molar-refractivity contribution in [1.82, 2.24) is 0 Å². The van der Waals surface area contributed by atoms with Crippen molar-refractivity contribution >= 4 is 12.2 Å². The zero-order valence-corrected chi connectivity index (χ0v) is 12.8. The van der Waals surface area contributed by atoms with Crippen molar-refractivity contribution in [3.05, 3.63) is 53.1 Å². The molecule has 0 bridgehead atoms. The van der Waals surface area contributed by atoms with Crippen molar-refractivity contribution in [1.29, 1.82) is 5.26 Å². The van der Waals surface area contributed by atoms with E-state index in [1.807, 2.05) is 36.4 Å². The van der Waals surface area contributed by atoms with Crippen molar-refractivity contribution in [2.45, 2.75) is 0 Å². The number of methoxy groups -OCH3 is 3. The van der Waals surface area contributed by atoms with Gasteiger partial charge in [-0.3, -0.25) is 0 Å². The fourth-order valence-electron chi connectivity index (χ4n) is 2.11. The van der Waals surface area contributed by atoms with Crippen LogP contribution in [0.3, 0.4) is 0 Å². The van der Waals surface area contributed by atoms with E-state index in [4.69, 9.17) is 19.5 Å². The van der Waals surface area contributed by atoms with Crippen LogP contribution in [0.4, 0.5) is 0 Å². The van der Waals surface area contributed by atoms with Gasteiger partial charge in [0.15, 0.2) is 11.5 Å². The van der Waals surface area contributed by atoms with E-state index in [9.17, 15) is 0 Å². The summed E-state index contributed by atoms with van der Waals surface area (Å²) in [6.07, 6.45) is 3.76. The summed E-state index contributed by atoms with van der Waals surface area (Å²) in [7, 11) is 4.76. The first-order valence-electron chi connectivity index (χ1n) is 6.70. The Kier molecular flexibility index (Phi) is 5.05. The third-order valence-corrected chi connectivity index (χ3v) is 3.26. The Hall–Kier alpha value is -2.93. The molecular formula is C18H17NO3. The van der Waals surface area contributed by atoms with Crippen molar-refractivity contribution in [2.24, 2.45) is 0 Å². The van der Waals surface area contributed by atoms with Crippen LogP contribution in [0.5, 0.6) is 17.2 Å². The second-order valence-corrected chi connectivity index (χ2v) is 4.48. The Morgan fingerprint density at radius 1 is 0.818 bits per heavy atom. The molecule has 0 aliphatic heterocycles. The number of hydrogen-bond acceptors (Lipinski definition) is 4. The molecule has 0 N–H and O–H groups in total. The maximum Gasteiger partial charge on any atom is 0.164 e. The Balaban J connectivity index is 2.44. The average Bonchev–Trinajstić information content (AvgIpc) is 2.59. The Labute approximate surface area is 130 Å². The van der Waals surface area contributed by atoms with Gasteiger partial charge in [-0.2, -0.15) is 5.26 Å². The lowest BCUT2D eigenvalue weighted by molar-refractivity contribution is 0.348. The third kappa shape index (κ3) is 3.21. The second-order valence-electron chi connectivity index (χ2n) is 4.48. The van der Waals surface area contributed by atoms with Gasteiger partial charge in [-0.05, 0) is 17.7 Å². The van der Waals surface area contributed by atoms with E-state index in [0.29, 0.717) is 22.8 Å². The van der Waals surface area contributed by atoms with Crippen molar-refractivity contribution in [3.8, 4) is 23.3 Å². The lowest BCUT2D eigenvalue weighted by Crippen LogP contribution is -1.94. The van der Waals surface area contributed by atoms with Crippen LogP contribution in [0, 0.1) is 11.3 Å². The Morgan fingerprint density at radius 2 is 1.41 bits per heavy atom. The summed E-state index contributed by atoms with van der Waals surface area (Å²) in [6.45, 7) is 0. The summed E-state index contributed by atoms with van der Waals surface area (Å²) in [5, 5.41) is 9.12. The number of hydrogen-bond donors (Lipinski definition) is 0. The molecule has 4 nitrogen and oxygen atoms in total. The molecule has 2 aromatic carbocycles. The van der Waals surface area contributed by atoms with Gasteiger partial charge in [-0.25, -0.2) is 0 Å². The molecule has 0 saturated carbocycles. The van der Waals surface area contributed by atoms with E-state index in [1.54, 1.807) is 33.5 Å². The first kappa shape index (κ1) is 15.5. The summed E-state index contributed by atoms with van der Waals surface area (Å²) >= 11 is 0.